The van der Waals surface area contributed by atoms with E-state index in [4.69, 9.17) is 5.73 Å². The minimum absolute atomic E-state index is 0.0937. The molecule has 2 rings (SSSR count). The molecule has 0 aromatic rings. The van der Waals surface area contributed by atoms with Crippen molar-refractivity contribution in [2.45, 2.75) is 69.1 Å². The molecular weight excluding hydrogens is 302 g/mol. The van der Waals surface area contributed by atoms with Gasteiger partial charge in [-0.1, -0.05) is 12.8 Å². The van der Waals surface area contributed by atoms with Gasteiger partial charge >= 0.3 is 0 Å². The number of nitrogens with two attached hydrogens (primary N) is 1. The van der Waals surface area contributed by atoms with Crippen molar-refractivity contribution >= 4 is 15.9 Å². The highest BCUT2D eigenvalue weighted by atomic mass is 32.2. The number of hydrogen-bond acceptors (Lipinski definition) is 4. The summed E-state index contributed by atoms with van der Waals surface area (Å²) in [5.41, 5.74) is 5.43. The second-order valence-electron chi connectivity index (χ2n) is 6.44. The first-order valence-corrected chi connectivity index (χ1v) is 10.0. The molecule has 1 saturated heterocycles. The van der Waals surface area contributed by atoms with Crippen LogP contribution in [0.2, 0.25) is 0 Å². The number of piperidine rings is 1. The van der Waals surface area contributed by atoms with E-state index in [-0.39, 0.29) is 17.2 Å². The highest BCUT2D eigenvalue weighted by molar-refractivity contribution is 7.90. The summed E-state index contributed by atoms with van der Waals surface area (Å²) >= 11 is 0. The lowest BCUT2D eigenvalue weighted by Crippen LogP contribution is -2.47. The minimum Gasteiger partial charge on any atom is -0.353 e. The van der Waals surface area contributed by atoms with Crippen LogP contribution in [0.4, 0.5) is 0 Å². The summed E-state index contributed by atoms with van der Waals surface area (Å²) in [7, 11) is -3.05. The third kappa shape index (κ3) is 5.21. The molecule has 0 unspecified atom stereocenters. The Balaban J connectivity index is 1.61. The highest BCUT2D eigenvalue weighted by Crippen LogP contribution is 2.32. The summed E-state index contributed by atoms with van der Waals surface area (Å²) < 4.78 is 25.9. The number of carbonyl (C=O) groups is 1. The average molecular weight is 331 g/mol. The topological polar surface area (TPSA) is 92.5 Å². The van der Waals surface area contributed by atoms with Crippen LogP contribution in [0.15, 0.2) is 0 Å². The van der Waals surface area contributed by atoms with E-state index in [1.54, 1.807) is 4.31 Å². The molecule has 0 aromatic heterocycles. The van der Waals surface area contributed by atoms with E-state index in [0.717, 1.165) is 51.4 Å². The number of hydrogen-bond donors (Lipinski definition) is 2. The van der Waals surface area contributed by atoms with Gasteiger partial charge in [0, 0.05) is 25.6 Å². The number of amides is 1. The molecule has 7 heteroatoms. The van der Waals surface area contributed by atoms with E-state index in [9.17, 15) is 13.2 Å². The number of unbranched alkanes of at least 4 members (excludes halogenated alkanes) is 3. The molecule has 6 nitrogen and oxygen atoms in total. The Morgan fingerprint density at radius 2 is 1.68 bits per heavy atom. The van der Waals surface area contributed by atoms with Gasteiger partial charge in [-0.05, 0) is 45.1 Å². The lowest BCUT2D eigenvalue weighted by atomic mass is 10.1. The van der Waals surface area contributed by atoms with E-state index in [1.807, 2.05) is 0 Å². The monoisotopic (exact) mass is 331 g/mol. The molecule has 2 fully saturated rings. The molecule has 1 heterocycles. The lowest BCUT2D eigenvalue weighted by molar-refractivity contribution is -0.122. The normalized spacial score (nSPS) is 21.0. The first-order chi connectivity index (χ1) is 10.5. The van der Waals surface area contributed by atoms with Crippen molar-refractivity contribution in [3.8, 4) is 0 Å². The predicted octanol–water partition coefficient (Wildman–Crippen LogP) is 0.968. The fraction of sp³-hybridized carbons (Fsp3) is 0.933. The largest absolute Gasteiger partial charge is 0.353 e. The number of nitrogens with zero attached hydrogens (tertiary/aromatic N) is 1. The van der Waals surface area contributed by atoms with Gasteiger partial charge in [-0.25, -0.2) is 12.7 Å². The molecule has 1 amide bonds. The van der Waals surface area contributed by atoms with Crippen molar-refractivity contribution in [1.29, 1.82) is 0 Å². The van der Waals surface area contributed by atoms with Gasteiger partial charge in [0.25, 0.3) is 0 Å². The van der Waals surface area contributed by atoms with Crippen LogP contribution in [0.25, 0.3) is 0 Å². The van der Waals surface area contributed by atoms with Gasteiger partial charge in [-0.15, -0.1) is 0 Å². The standard InChI is InChI=1S/C15H29N3O3S/c16-10-4-2-1-3-5-15(19)17-13-8-11-18(12-9-13)22(20,21)14-6-7-14/h13-14H,1-12,16H2,(H,17,19). The highest BCUT2D eigenvalue weighted by Gasteiger charge is 2.41. The maximum Gasteiger partial charge on any atom is 0.220 e. The zero-order valence-electron chi connectivity index (χ0n) is 13.3. The van der Waals surface area contributed by atoms with E-state index in [0.29, 0.717) is 26.1 Å². The molecule has 1 aliphatic heterocycles. The quantitative estimate of drug-likeness (QED) is 0.616. The molecule has 128 valence electrons. The fourth-order valence-electron chi connectivity index (χ4n) is 2.91. The van der Waals surface area contributed by atoms with Crippen LogP contribution in [-0.4, -0.2) is 49.6 Å². The van der Waals surface area contributed by atoms with Gasteiger partial charge in [0.05, 0.1) is 5.25 Å². The summed E-state index contributed by atoms with van der Waals surface area (Å²) in [6.45, 7) is 1.80. The van der Waals surface area contributed by atoms with Gasteiger partial charge < -0.3 is 11.1 Å². The summed E-state index contributed by atoms with van der Waals surface area (Å²) in [6.07, 6.45) is 7.69. The first kappa shape index (κ1) is 17.7. The number of nitrogens with one attached hydrogen (secondary N) is 1. The van der Waals surface area contributed by atoms with Crippen LogP contribution in [0.5, 0.6) is 0 Å². The summed E-state index contributed by atoms with van der Waals surface area (Å²) in [5.74, 6) is 0.0937. The minimum atomic E-state index is -3.05. The summed E-state index contributed by atoms with van der Waals surface area (Å²) in [4.78, 5) is 11.9. The van der Waals surface area contributed by atoms with Crippen molar-refractivity contribution in [3.63, 3.8) is 0 Å². The Morgan fingerprint density at radius 1 is 1.05 bits per heavy atom. The zero-order chi connectivity index (χ0) is 16.0. The van der Waals surface area contributed by atoms with Gasteiger partial charge in [-0.2, -0.15) is 0 Å². The zero-order valence-corrected chi connectivity index (χ0v) is 14.1. The molecule has 1 aliphatic carbocycles. The van der Waals surface area contributed by atoms with Gasteiger partial charge in [0.1, 0.15) is 0 Å². The molecule has 2 aliphatic rings. The molecule has 3 N–H and O–H groups in total. The number of rotatable bonds is 9. The predicted molar refractivity (Wildman–Crippen MR) is 86.8 cm³/mol. The number of sulfonamides is 1. The SMILES string of the molecule is NCCCCCCC(=O)NC1CCN(S(=O)(=O)C2CC2)CC1. The molecule has 22 heavy (non-hydrogen) atoms. The fourth-order valence-corrected chi connectivity index (χ4v) is 4.79. The van der Waals surface area contributed by atoms with Crippen LogP contribution in [0, 0.1) is 0 Å². The summed E-state index contributed by atoms with van der Waals surface area (Å²) in [5, 5.41) is 2.91. The van der Waals surface area contributed by atoms with Crippen LogP contribution >= 0.6 is 0 Å². The van der Waals surface area contributed by atoms with Gasteiger partial charge in [-0.3, -0.25) is 4.79 Å². The third-order valence-electron chi connectivity index (χ3n) is 4.48. The van der Waals surface area contributed by atoms with Crippen molar-refractivity contribution < 1.29 is 13.2 Å². The second-order valence-corrected chi connectivity index (χ2v) is 8.65. The molecular formula is C15H29N3O3S. The van der Waals surface area contributed by atoms with E-state index < -0.39 is 10.0 Å². The van der Waals surface area contributed by atoms with Crippen LogP contribution in [0.3, 0.4) is 0 Å². The van der Waals surface area contributed by atoms with Crippen LogP contribution in [0.1, 0.15) is 57.8 Å². The molecule has 1 saturated carbocycles. The third-order valence-corrected chi connectivity index (χ3v) is 6.88. The Bertz CT molecular complexity index is 455. The Kier molecular flexibility index (Phi) is 6.65. The Labute approximate surface area is 133 Å². The van der Waals surface area contributed by atoms with Crippen molar-refractivity contribution in [2.24, 2.45) is 5.73 Å². The molecule has 0 spiro atoms. The molecule has 0 radical (unpaired) electrons. The van der Waals surface area contributed by atoms with Gasteiger partial charge in [0.2, 0.25) is 15.9 Å². The van der Waals surface area contributed by atoms with Crippen molar-refractivity contribution in [1.82, 2.24) is 9.62 Å². The van der Waals surface area contributed by atoms with Crippen molar-refractivity contribution in [3.05, 3.63) is 0 Å². The molecule has 0 aromatic carbocycles. The average Bonchev–Trinajstić information content (AvgIpc) is 3.33. The Hall–Kier alpha value is -0.660. The maximum atomic E-state index is 12.1. The maximum absolute atomic E-state index is 12.1. The smallest absolute Gasteiger partial charge is 0.220 e. The van der Waals surface area contributed by atoms with Crippen LogP contribution < -0.4 is 11.1 Å². The Morgan fingerprint density at radius 3 is 2.27 bits per heavy atom. The summed E-state index contributed by atoms with van der Waals surface area (Å²) in [6, 6.07) is 0.127. The molecule has 0 atom stereocenters. The molecule has 0 bridgehead atoms. The van der Waals surface area contributed by atoms with E-state index >= 15 is 0 Å². The van der Waals surface area contributed by atoms with Crippen molar-refractivity contribution in [2.75, 3.05) is 19.6 Å². The van der Waals surface area contributed by atoms with E-state index in [2.05, 4.69) is 5.32 Å². The van der Waals surface area contributed by atoms with Crippen LogP contribution in [-0.2, 0) is 14.8 Å². The second kappa shape index (κ2) is 8.26. The van der Waals surface area contributed by atoms with E-state index in [1.165, 1.54) is 0 Å². The first-order valence-electron chi connectivity index (χ1n) is 8.52. The lowest BCUT2D eigenvalue weighted by Gasteiger charge is -2.31. The number of carbonyl (C=O) groups excluding carboxylic acids is 1. The van der Waals surface area contributed by atoms with Gasteiger partial charge in [0.15, 0.2) is 0 Å².